The van der Waals surface area contributed by atoms with E-state index in [0.717, 1.165) is 16.9 Å². The van der Waals surface area contributed by atoms with Gasteiger partial charge in [0.2, 0.25) is 5.91 Å². The normalized spacial score (nSPS) is 21.7. The molecule has 0 bridgehead atoms. The SMILES string of the molecule is COc1ccc(-c2ccc3c(c2)C(=O)N2CCC(OC)C2C(=O)N3)cc1. The van der Waals surface area contributed by atoms with Gasteiger partial charge in [-0.3, -0.25) is 9.59 Å². The first-order chi connectivity index (χ1) is 12.6. The number of benzene rings is 2. The van der Waals surface area contributed by atoms with Crippen molar-refractivity contribution in [1.82, 2.24) is 4.90 Å². The van der Waals surface area contributed by atoms with E-state index in [4.69, 9.17) is 9.47 Å². The van der Waals surface area contributed by atoms with Crippen LogP contribution in [0, 0.1) is 0 Å². The van der Waals surface area contributed by atoms with E-state index in [1.54, 1.807) is 25.2 Å². The number of rotatable bonds is 3. The number of nitrogens with zero attached hydrogens (tertiary/aromatic N) is 1. The predicted molar refractivity (Wildman–Crippen MR) is 97.3 cm³/mol. The topological polar surface area (TPSA) is 67.9 Å². The van der Waals surface area contributed by atoms with Crippen molar-refractivity contribution in [2.75, 3.05) is 26.1 Å². The third kappa shape index (κ3) is 2.63. The third-order valence-electron chi connectivity index (χ3n) is 5.11. The molecule has 0 spiro atoms. The zero-order valence-corrected chi connectivity index (χ0v) is 14.7. The van der Waals surface area contributed by atoms with Crippen LogP contribution in [0.5, 0.6) is 5.75 Å². The monoisotopic (exact) mass is 352 g/mol. The Morgan fingerprint density at radius 3 is 2.46 bits per heavy atom. The van der Waals surface area contributed by atoms with Gasteiger partial charge in [-0.15, -0.1) is 0 Å². The summed E-state index contributed by atoms with van der Waals surface area (Å²) in [4.78, 5) is 27.3. The molecule has 6 nitrogen and oxygen atoms in total. The van der Waals surface area contributed by atoms with E-state index in [2.05, 4.69) is 5.32 Å². The first-order valence-corrected chi connectivity index (χ1v) is 8.55. The molecule has 1 fully saturated rings. The molecule has 2 unspecified atom stereocenters. The number of carbonyl (C=O) groups is 2. The molecule has 2 heterocycles. The highest BCUT2D eigenvalue weighted by Gasteiger charge is 2.44. The van der Waals surface area contributed by atoms with Gasteiger partial charge in [0.05, 0.1) is 24.5 Å². The molecule has 1 saturated heterocycles. The molecule has 134 valence electrons. The molecular weight excluding hydrogens is 332 g/mol. The van der Waals surface area contributed by atoms with Crippen LogP contribution in [0.2, 0.25) is 0 Å². The van der Waals surface area contributed by atoms with Crippen LogP contribution in [0.15, 0.2) is 42.5 Å². The highest BCUT2D eigenvalue weighted by molar-refractivity contribution is 6.11. The summed E-state index contributed by atoms with van der Waals surface area (Å²) in [5.74, 6) is 0.439. The zero-order valence-electron chi connectivity index (χ0n) is 14.7. The van der Waals surface area contributed by atoms with Crippen molar-refractivity contribution in [2.45, 2.75) is 18.6 Å². The Hall–Kier alpha value is -2.86. The minimum Gasteiger partial charge on any atom is -0.497 e. The van der Waals surface area contributed by atoms with Crippen LogP contribution in [0.25, 0.3) is 11.1 Å². The minimum atomic E-state index is -0.579. The highest BCUT2D eigenvalue weighted by Crippen LogP contribution is 2.33. The Bertz CT molecular complexity index is 863. The average Bonchev–Trinajstić information content (AvgIpc) is 3.08. The summed E-state index contributed by atoms with van der Waals surface area (Å²) in [6.45, 7) is 0.516. The Balaban J connectivity index is 1.73. The third-order valence-corrected chi connectivity index (χ3v) is 5.11. The largest absolute Gasteiger partial charge is 0.497 e. The zero-order chi connectivity index (χ0) is 18.3. The van der Waals surface area contributed by atoms with Gasteiger partial charge in [0.25, 0.3) is 5.91 Å². The molecule has 2 aliphatic heterocycles. The molecule has 6 heteroatoms. The predicted octanol–water partition coefficient (Wildman–Crippen LogP) is 2.54. The number of nitrogens with one attached hydrogen (secondary N) is 1. The molecule has 0 radical (unpaired) electrons. The second-order valence-electron chi connectivity index (χ2n) is 6.48. The number of hydrogen-bond donors (Lipinski definition) is 1. The molecule has 2 atom stereocenters. The van der Waals surface area contributed by atoms with E-state index in [0.29, 0.717) is 24.2 Å². The number of ether oxygens (including phenoxy) is 2. The van der Waals surface area contributed by atoms with E-state index < -0.39 is 6.04 Å². The summed E-state index contributed by atoms with van der Waals surface area (Å²) < 4.78 is 10.6. The van der Waals surface area contributed by atoms with Gasteiger partial charge in [0.15, 0.2) is 0 Å². The Labute approximate surface area is 151 Å². The van der Waals surface area contributed by atoms with Crippen LogP contribution in [0.4, 0.5) is 5.69 Å². The summed E-state index contributed by atoms with van der Waals surface area (Å²) in [5, 5.41) is 2.88. The fourth-order valence-corrected chi connectivity index (χ4v) is 3.70. The van der Waals surface area contributed by atoms with Gasteiger partial charge in [-0.05, 0) is 41.8 Å². The first-order valence-electron chi connectivity index (χ1n) is 8.55. The summed E-state index contributed by atoms with van der Waals surface area (Å²) >= 11 is 0. The van der Waals surface area contributed by atoms with Crippen LogP contribution in [-0.2, 0) is 9.53 Å². The van der Waals surface area contributed by atoms with Crippen molar-refractivity contribution < 1.29 is 19.1 Å². The average molecular weight is 352 g/mol. The summed E-state index contributed by atoms with van der Waals surface area (Å²) in [6, 6.07) is 12.6. The standard InChI is InChI=1S/C20H20N2O4/c1-25-14-6-3-12(4-7-14)13-5-8-16-15(11-13)20(24)22-10-9-17(26-2)18(22)19(23)21-16/h3-8,11,17-18H,9-10H2,1-2H3,(H,21,23). The number of hydrogen-bond acceptors (Lipinski definition) is 4. The lowest BCUT2D eigenvalue weighted by atomic mass is 10.0. The molecule has 4 rings (SSSR count). The van der Waals surface area contributed by atoms with Gasteiger partial charge in [-0.2, -0.15) is 0 Å². The number of carbonyl (C=O) groups excluding carboxylic acids is 2. The fraction of sp³-hybridized carbons (Fsp3) is 0.300. The van der Waals surface area contributed by atoms with Gasteiger partial charge >= 0.3 is 0 Å². The van der Waals surface area contributed by atoms with E-state index in [9.17, 15) is 9.59 Å². The molecule has 2 aliphatic rings. The fourth-order valence-electron chi connectivity index (χ4n) is 3.70. The van der Waals surface area contributed by atoms with Crippen molar-refractivity contribution in [1.29, 1.82) is 0 Å². The van der Waals surface area contributed by atoms with Crippen molar-refractivity contribution in [3.05, 3.63) is 48.0 Å². The van der Waals surface area contributed by atoms with Crippen molar-refractivity contribution in [2.24, 2.45) is 0 Å². The minimum absolute atomic E-state index is 0.140. The molecule has 1 N–H and O–H groups in total. The molecule has 0 aromatic heterocycles. The number of methoxy groups -OCH3 is 2. The van der Waals surface area contributed by atoms with E-state index >= 15 is 0 Å². The molecule has 26 heavy (non-hydrogen) atoms. The van der Waals surface area contributed by atoms with Crippen molar-refractivity contribution >= 4 is 17.5 Å². The van der Waals surface area contributed by atoms with Crippen molar-refractivity contribution in [3.8, 4) is 16.9 Å². The highest BCUT2D eigenvalue weighted by atomic mass is 16.5. The summed E-state index contributed by atoms with van der Waals surface area (Å²) in [6.07, 6.45) is 0.391. The van der Waals surface area contributed by atoms with Gasteiger partial charge in [0.1, 0.15) is 11.8 Å². The van der Waals surface area contributed by atoms with Crippen LogP contribution in [-0.4, -0.2) is 49.6 Å². The second-order valence-corrected chi connectivity index (χ2v) is 6.48. The number of anilines is 1. The van der Waals surface area contributed by atoms with Crippen molar-refractivity contribution in [3.63, 3.8) is 0 Å². The lowest BCUT2D eigenvalue weighted by Gasteiger charge is -2.23. The quantitative estimate of drug-likeness (QED) is 0.922. The smallest absolute Gasteiger partial charge is 0.256 e. The molecule has 0 saturated carbocycles. The van der Waals surface area contributed by atoms with Crippen LogP contribution in [0.1, 0.15) is 16.8 Å². The summed E-state index contributed by atoms with van der Waals surface area (Å²) in [5.41, 5.74) is 2.94. The van der Waals surface area contributed by atoms with E-state index in [1.807, 2.05) is 36.4 Å². The van der Waals surface area contributed by atoms with E-state index in [1.165, 1.54) is 0 Å². The molecule has 0 aliphatic carbocycles. The maximum Gasteiger partial charge on any atom is 0.256 e. The molecule has 2 aromatic rings. The maximum absolute atomic E-state index is 13.1. The van der Waals surface area contributed by atoms with Gasteiger partial charge in [-0.1, -0.05) is 18.2 Å². The number of fused-ring (bicyclic) bond motifs is 2. The van der Waals surface area contributed by atoms with Gasteiger partial charge < -0.3 is 19.7 Å². The van der Waals surface area contributed by atoms with Crippen LogP contribution < -0.4 is 10.1 Å². The van der Waals surface area contributed by atoms with Crippen LogP contribution >= 0.6 is 0 Å². The Morgan fingerprint density at radius 1 is 1.04 bits per heavy atom. The van der Waals surface area contributed by atoms with E-state index in [-0.39, 0.29) is 17.9 Å². The lowest BCUT2D eigenvalue weighted by Crippen LogP contribution is -2.46. The Kier molecular flexibility index (Phi) is 4.12. The Morgan fingerprint density at radius 2 is 1.77 bits per heavy atom. The molecular formula is C20H20N2O4. The number of amides is 2. The first kappa shape index (κ1) is 16.6. The second kappa shape index (κ2) is 6.46. The maximum atomic E-state index is 13.1. The molecule has 2 amide bonds. The molecule has 2 aromatic carbocycles. The van der Waals surface area contributed by atoms with Gasteiger partial charge in [0, 0.05) is 13.7 Å². The lowest BCUT2D eigenvalue weighted by molar-refractivity contribution is -0.122. The summed E-state index contributed by atoms with van der Waals surface area (Å²) in [7, 11) is 3.20. The van der Waals surface area contributed by atoms with Gasteiger partial charge in [-0.25, -0.2) is 0 Å². The van der Waals surface area contributed by atoms with Crippen LogP contribution in [0.3, 0.4) is 0 Å².